The fourth-order valence-corrected chi connectivity index (χ4v) is 13.7. The van der Waals surface area contributed by atoms with Gasteiger partial charge < -0.3 is 9.13 Å². The van der Waals surface area contributed by atoms with Crippen molar-refractivity contribution in [3.63, 3.8) is 0 Å². The number of hydrogen-bond donors (Lipinski definition) is 0. The molecule has 2 fully saturated rings. The van der Waals surface area contributed by atoms with Crippen molar-refractivity contribution >= 4 is 18.4 Å². The van der Waals surface area contributed by atoms with Crippen LogP contribution < -0.4 is 0 Å². The van der Waals surface area contributed by atoms with Crippen molar-refractivity contribution in [3.8, 4) is 0 Å². The molecule has 106 valence electrons. The first-order valence-electron chi connectivity index (χ1n) is 8.11. The second-order valence-corrected chi connectivity index (χ2v) is 11.8. The van der Waals surface area contributed by atoms with E-state index in [1.165, 1.54) is 38.5 Å². The molecule has 0 N–H and O–H groups in total. The highest BCUT2D eigenvalue weighted by molar-refractivity contribution is 6.97. The third-order valence-electron chi connectivity index (χ3n) is 5.37. The molecule has 0 radical (unpaired) electrons. The molecule has 0 aromatic heterocycles. The molecule has 18 heavy (non-hydrogen) atoms. The summed E-state index contributed by atoms with van der Waals surface area (Å²) in [6.45, 7) is 9.89. The smallest absolute Gasteiger partial charge is 0.0975 e. The summed E-state index contributed by atoms with van der Waals surface area (Å²) in [5.41, 5.74) is 0. The number of rotatable bonds is 3. The van der Waals surface area contributed by atoms with Gasteiger partial charge in [0.25, 0.3) is 0 Å². The first-order valence-corrected chi connectivity index (χ1v) is 13.4. The van der Waals surface area contributed by atoms with E-state index in [2.05, 4.69) is 36.8 Å². The topological polar surface area (TPSA) is 6.48 Å². The predicted molar refractivity (Wildman–Crippen MR) is 86.3 cm³/mol. The quantitative estimate of drug-likeness (QED) is 0.726. The Morgan fingerprint density at radius 3 is 1.17 bits per heavy atom. The first-order chi connectivity index (χ1) is 8.59. The molecule has 2 aliphatic rings. The van der Waals surface area contributed by atoms with E-state index >= 15 is 0 Å². The zero-order valence-electron chi connectivity index (χ0n) is 12.9. The second kappa shape index (κ2) is 6.68. The van der Waals surface area contributed by atoms with Gasteiger partial charge in [0.15, 0.2) is 0 Å². The van der Waals surface area contributed by atoms with Crippen LogP contribution in [0.2, 0.25) is 0 Å². The summed E-state index contributed by atoms with van der Waals surface area (Å²) in [6.07, 6.45) is 8.75. The zero-order valence-corrected chi connectivity index (χ0v) is 15.7. The number of piperidine rings is 2. The van der Waals surface area contributed by atoms with Gasteiger partial charge in [0.1, 0.15) is 0 Å². The summed E-state index contributed by atoms with van der Waals surface area (Å²) >= 11 is 0. The molecule has 2 rings (SSSR count). The van der Waals surface area contributed by atoms with Gasteiger partial charge >= 0.3 is 0 Å². The van der Waals surface area contributed by atoms with Gasteiger partial charge in [-0.25, -0.2) is 0 Å². The third kappa shape index (κ3) is 3.47. The van der Waals surface area contributed by atoms with E-state index in [0.29, 0.717) is 0 Å². The normalized spacial score (nSPS) is 41.3. The van der Waals surface area contributed by atoms with Gasteiger partial charge in [0, 0.05) is 0 Å². The summed E-state index contributed by atoms with van der Waals surface area (Å²) in [5, 5.41) is 0. The SMILES string of the molecule is CC1CCCC(C)N1[SiH2][SiH2]N1C(C)CCCC1C. The van der Waals surface area contributed by atoms with Crippen LogP contribution in [-0.4, -0.2) is 51.7 Å². The summed E-state index contributed by atoms with van der Waals surface area (Å²) in [6, 6.07) is 3.57. The maximum Gasteiger partial charge on any atom is 0.0975 e. The van der Waals surface area contributed by atoms with Crippen LogP contribution in [0.4, 0.5) is 0 Å². The average Bonchev–Trinajstić information content (AvgIpc) is 2.31. The Morgan fingerprint density at radius 2 is 0.889 bits per heavy atom. The lowest BCUT2D eigenvalue weighted by atomic mass is 10.0. The Balaban J connectivity index is 1.85. The molecule has 4 unspecified atom stereocenters. The molecule has 0 amide bonds. The molecule has 2 heterocycles. The molecule has 0 aliphatic carbocycles. The van der Waals surface area contributed by atoms with Crippen molar-refractivity contribution in [2.75, 3.05) is 0 Å². The highest BCUT2D eigenvalue weighted by Crippen LogP contribution is 2.23. The summed E-state index contributed by atoms with van der Waals surface area (Å²) in [5.74, 6) is 0. The van der Waals surface area contributed by atoms with Gasteiger partial charge in [-0.1, -0.05) is 40.5 Å². The molecule has 0 aromatic rings. The highest BCUT2D eigenvalue weighted by atomic mass is 29.2. The van der Waals surface area contributed by atoms with Crippen molar-refractivity contribution < 1.29 is 0 Å². The van der Waals surface area contributed by atoms with Crippen LogP contribution >= 0.6 is 0 Å². The van der Waals surface area contributed by atoms with Crippen LogP contribution in [-0.2, 0) is 0 Å². The summed E-state index contributed by atoms with van der Waals surface area (Å²) in [7, 11) is 0.121. The van der Waals surface area contributed by atoms with E-state index in [1.54, 1.807) is 0 Å². The maximum absolute atomic E-state index is 2.95. The van der Waals surface area contributed by atoms with E-state index in [1.807, 2.05) is 0 Å². The van der Waals surface area contributed by atoms with E-state index < -0.39 is 0 Å². The lowest BCUT2D eigenvalue weighted by Gasteiger charge is -2.43. The number of nitrogens with zero attached hydrogens (tertiary/aromatic N) is 2. The van der Waals surface area contributed by atoms with E-state index in [4.69, 9.17) is 0 Å². The molecule has 2 aliphatic heterocycles. The van der Waals surface area contributed by atoms with Crippen molar-refractivity contribution in [3.05, 3.63) is 0 Å². The molecule has 0 spiro atoms. The number of hydrogen-bond acceptors (Lipinski definition) is 2. The largest absolute Gasteiger partial charge is 0.326 e. The predicted octanol–water partition coefficient (Wildman–Crippen LogP) is 1.59. The van der Waals surface area contributed by atoms with Crippen molar-refractivity contribution in [1.82, 2.24) is 9.13 Å². The molecule has 0 saturated carbocycles. The highest BCUT2D eigenvalue weighted by Gasteiger charge is 2.28. The maximum atomic E-state index is 2.95. The van der Waals surface area contributed by atoms with Gasteiger partial charge in [0.05, 0.1) is 18.4 Å². The van der Waals surface area contributed by atoms with Crippen LogP contribution in [0.5, 0.6) is 0 Å². The molecule has 2 saturated heterocycles. The van der Waals surface area contributed by atoms with E-state index in [9.17, 15) is 0 Å². The van der Waals surface area contributed by atoms with Crippen molar-refractivity contribution in [1.29, 1.82) is 0 Å². The van der Waals surface area contributed by atoms with E-state index in [-0.39, 0.29) is 18.4 Å². The standard InChI is InChI=1S/C14H32N2Si2/c1-11-7-5-8-12(2)15(11)17-18-16-13(3)9-6-10-14(16)4/h11-14H,5-10,17-18H2,1-4H3. The molecule has 0 bridgehead atoms. The minimum atomic E-state index is 0.0603. The van der Waals surface area contributed by atoms with Crippen LogP contribution in [0, 0.1) is 0 Å². The van der Waals surface area contributed by atoms with Gasteiger partial charge in [-0.2, -0.15) is 0 Å². The molecule has 2 nitrogen and oxygen atoms in total. The van der Waals surface area contributed by atoms with Gasteiger partial charge in [-0.3, -0.25) is 0 Å². The first kappa shape index (κ1) is 14.8. The molecular weight excluding hydrogens is 252 g/mol. The van der Waals surface area contributed by atoms with Crippen LogP contribution in [0.25, 0.3) is 0 Å². The zero-order chi connectivity index (χ0) is 13.1. The second-order valence-electron chi connectivity index (χ2n) is 6.73. The van der Waals surface area contributed by atoms with E-state index in [0.717, 1.165) is 24.2 Å². The lowest BCUT2D eigenvalue weighted by molar-refractivity contribution is 0.198. The average molecular weight is 285 g/mol. The molecule has 4 heteroatoms. The van der Waals surface area contributed by atoms with Crippen LogP contribution in [0.3, 0.4) is 0 Å². The minimum absolute atomic E-state index is 0.0603. The summed E-state index contributed by atoms with van der Waals surface area (Å²) < 4.78 is 5.90. The Bertz CT molecular complexity index is 216. The monoisotopic (exact) mass is 284 g/mol. The van der Waals surface area contributed by atoms with Crippen molar-refractivity contribution in [2.45, 2.75) is 90.4 Å². The van der Waals surface area contributed by atoms with Crippen LogP contribution in [0.1, 0.15) is 66.2 Å². The third-order valence-corrected chi connectivity index (χ3v) is 12.8. The molecular formula is C14H32N2Si2. The molecule has 0 aromatic carbocycles. The summed E-state index contributed by atoms with van der Waals surface area (Å²) in [4.78, 5) is 0. The Kier molecular flexibility index (Phi) is 5.48. The van der Waals surface area contributed by atoms with Crippen LogP contribution in [0.15, 0.2) is 0 Å². The fraction of sp³-hybridized carbons (Fsp3) is 1.00. The Morgan fingerprint density at radius 1 is 0.611 bits per heavy atom. The van der Waals surface area contributed by atoms with Crippen molar-refractivity contribution in [2.24, 2.45) is 0 Å². The van der Waals surface area contributed by atoms with Gasteiger partial charge in [-0.05, 0) is 49.9 Å². The Labute approximate surface area is 118 Å². The minimum Gasteiger partial charge on any atom is -0.326 e. The van der Waals surface area contributed by atoms with Gasteiger partial charge in [-0.15, -0.1) is 0 Å². The van der Waals surface area contributed by atoms with Gasteiger partial charge in [0.2, 0.25) is 0 Å². The molecule has 4 atom stereocenters. The fourth-order valence-electron chi connectivity index (χ4n) is 4.06. The Hall–Kier alpha value is 0.354. The lowest BCUT2D eigenvalue weighted by Crippen LogP contribution is -2.55.